The van der Waals surface area contributed by atoms with Crippen LogP contribution in [0.3, 0.4) is 0 Å². The lowest BCUT2D eigenvalue weighted by molar-refractivity contribution is 0.174. The molecule has 1 aliphatic rings. The summed E-state index contributed by atoms with van der Waals surface area (Å²) in [6.45, 7) is 6.49. The summed E-state index contributed by atoms with van der Waals surface area (Å²) in [5.41, 5.74) is 4.32. The second kappa shape index (κ2) is 7.40. The highest BCUT2D eigenvalue weighted by Gasteiger charge is 2.13. The van der Waals surface area contributed by atoms with Gasteiger partial charge in [-0.05, 0) is 44.5 Å². The zero-order chi connectivity index (χ0) is 18.8. The van der Waals surface area contributed by atoms with Crippen LogP contribution in [0.5, 0.6) is 11.5 Å². The van der Waals surface area contributed by atoms with E-state index < -0.39 is 0 Å². The van der Waals surface area contributed by atoms with E-state index in [4.69, 9.17) is 19.6 Å². The van der Waals surface area contributed by atoms with Gasteiger partial charge in [-0.1, -0.05) is 29.8 Å². The predicted molar refractivity (Wildman–Crippen MR) is 109 cm³/mol. The topological polar surface area (TPSA) is 48.1 Å². The molecule has 1 aromatic heterocycles. The van der Waals surface area contributed by atoms with E-state index in [-0.39, 0.29) is 12.8 Å². The normalized spacial score (nSPS) is 13.9. The number of hydrogen-bond acceptors (Lipinski definition) is 5. The van der Waals surface area contributed by atoms with Gasteiger partial charge < -0.3 is 9.47 Å². The number of hydrogen-bond donors (Lipinski definition) is 0. The third-order valence-electron chi connectivity index (χ3n) is 4.12. The summed E-state index contributed by atoms with van der Waals surface area (Å²) in [6.07, 6.45) is 1.83. The van der Waals surface area contributed by atoms with Crippen LogP contribution in [0.1, 0.15) is 25.0 Å². The lowest BCUT2D eigenvalue weighted by Crippen LogP contribution is -2.14. The number of aromatic nitrogens is 1. The number of benzene rings is 2. The summed E-state index contributed by atoms with van der Waals surface area (Å²) in [5.74, 6) is 1.52. The molecule has 27 heavy (non-hydrogen) atoms. The average Bonchev–Trinajstić information content (AvgIpc) is 3.26. The number of aryl methyl sites for hydroxylation is 1. The molecule has 0 amide bonds. The Hall–Kier alpha value is -2.86. The van der Waals surface area contributed by atoms with Crippen molar-refractivity contribution in [1.29, 1.82) is 0 Å². The summed E-state index contributed by atoms with van der Waals surface area (Å²) in [6, 6.07) is 14.4. The Bertz CT molecular complexity index is 1050. The molecule has 5 nitrogen and oxygen atoms in total. The summed E-state index contributed by atoms with van der Waals surface area (Å²) in [5, 5.41) is 6.83. The number of fused-ring (bicyclic) bond motifs is 1. The first kappa shape index (κ1) is 17.5. The molecule has 6 heteroatoms. The Kier molecular flexibility index (Phi) is 4.81. The lowest BCUT2D eigenvalue weighted by Gasteiger charge is -2.05. The van der Waals surface area contributed by atoms with Gasteiger partial charge in [-0.3, -0.25) is 4.99 Å². The predicted octanol–water partition coefficient (Wildman–Crippen LogP) is 4.45. The number of nitrogens with zero attached hydrogens (tertiary/aromatic N) is 3. The Morgan fingerprint density at radius 2 is 1.85 bits per heavy atom. The highest BCUT2D eigenvalue weighted by atomic mass is 32.1. The molecule has 0 N–H and O–H groups in total. The zero-order valence-corrected chi connectivity index (χ0v) is 16.4. The first-order chi connectivity index (χ1) is 13.1. The summed E-state index contributed by atoms with van der Waals surface area (Å²) < 4.78 is 12.7. The average molecular weight is 379 g/mol. The molecule has 138 valence electrons. The summed E-state index contributed by atoms with van der Waals surface area (Å²) in [7, 11) is 0. The van der Waals surface area contributed by atoms with E-state index in [9.17, 15) is 0 Å². The molecule has 0 aliphatic carbocycles. The monoisotopic (exact) mass is 379 g/mol. The van der Waals surface area contributed by atoms with Crippen molar-refractivity contribution in [3.8, 4) is 22.8 Å². The van der Waals surface area contributed by atoms with Crippen LogP contribution in [0, 0.1) is 6.92 Å². The van der Waals surface area contributed by atoms with Crippen LogP contribution in [0.4, 0.5) is 0 Å². The smallest absolute Gasteiger partial charge is 0.231 e. The number of rotatable bonds is 4. The van der Waals surface area contributed by atoms with Crippen LogP contribution < -0.4 is 14.3 Å². The Morgan fingerprint density at radius 1 is 1.07 bits per heavy atom. The molecule has 0 atom stereocenters. The second-order valence-corrected chi connectivity index (χ2v) is 7.50. The zero-order valence-electron chi connectivity index (χ0n) is 15.5. The number of thiazole rings is 1. The van der Waals surface area contributed by atoms with Gasteiger partial charge in [0.15, 0.2) is 11.5 Å². The highest BCUT2D eigenvalue weighted by Crippen LogP contribution is 2.32. The molecular weight excluding hydrogens is 358 g/mol. The van der Waals surface area contributed by atoms with Crippen LogP contribution in [-0.2, 0) is 0 Å². The fourth-order valence-electron chi connectivity index (χ4n) is 2.76. The third kappa shape index (κ3) is 3.80. The minimum absolute atomic E-state index is 0.196. The molecule has 4 rings (SSSR count). The van der Waals surface area contributed by atoms with E-state index in [2.05, 4.69) is 50.4 Å². The fraction of sp³-hybridized carbons (Fsp3) is 0.238. The van der Waals surface area contributed by atoms with Gasteiger partial charge in [0.1, 0.15) is 0 Å². The van der Waals surface area contributed by atoms with Crippen molar-refractivity contribution in [1.82, 2.24) is 4.68 Å². The molecule has 1 aliphatic heterocycles. The van der Waals surface area contributed by atoms with Crippen LogP contribution in [-0.4, -0.2) is 23.7 Å². The molecule has 2 aromatic carbocycles. The van der Waals surface area contributed by atoms with Crippen molar-refractivity contribution >= 4 is 17.6 Å². The van der Waals surface area contributed by atoms with Crippen molar-refractivity contribution in [3.63, 3.8) is 0 Å². The molecule has 0 radical (unpaired) electrons. The Morgan fingerprint density at radius 3 is 2.63 bits per heavy atom. The van der Waals surface area contributed by atoms with Crippen molar-refractivity contribution in [2.45, 2.75) is 26.8 Å². The van der Waals surface area contributed by atoms with Crippen LogP contribution in [0.2, 0.25) is 0 Å². The Labute approximate surface area is 162 Å². The van der Waals surface area contributed by atoms with Crippen LogP contribution >= 0.6 is 11.3 Å². The second-order valence-electron chi connectivity index (χ2n) is 6.66. The Balaban J connectivity index is 1.75. The van der Waals surface area contributed by atoms with E-state index in [1.165, 1.54) is 5.56 Å². The van der Waals surface area contributed by atoms with Crippen molar-refractivity contribution in [2.75, 3.05) is 6.79 Å². The first-order valence-electron chi connectivity index (χ1n) is 8.85. The molecular formula is C21H21N3O2S. The maximum absolute atomic E-state index is 5.45. The van der Waals surface area contributed by atoms with Gasteiger partial charge in [-0.25, -0.2) is 4.68 Å². The molecule has 0 fully saturated rings. The van der Waals surface area contributed by atoms with Gasteiger partial charge in [0.2, 0.25) is 11.6 Å². The minimum atomic E-state index is 0.196. The summed E-state index contributed by atoms with van der Waals surface area (Å²) >= 11 is 1.60. The fourth-order valence-corrected chi connectivity index (χ4v) is 3.73. The van der Waals surface area contributed by atoms with E-state index in [1.807, 2.05) is 29.1 Å². The standard InChI is InChI=1S/C21H21N3O2S/c1-14(2)23-21-24(18(12-27-21)17-7-4-15(3)5-8-17)22-11-16-6-9-19-20(10-16)26-13-25-19/h4-12,14H,13H2,1-3H3. The third-order valence-corrected chi connectivity index (χ3v) is 4.95. The van der Waals surface area contributed by atoms with E-state index >= 15 is 0 Å². The minimum Gasteiger partial charge on any atom is -0.454 e. The SMILES string of the molecule is Cc1ccc(-c2csc(=NC(C)C)n2N=Cc2ccc3c(c2)OCO3)cc1. The first-order valence-corrected chi connectivity index (χ1v) is 9.73. The molecule has 3 aromatic rings. The number of ether oxygens (including phenoxy) is 2. The molecule has 0 spiro atoms. The highest BCUT2D eigenvalue weighted by molar-refractivity contribution is 7.07. The van der Waals surface area contributed by atoms with Gasteiger partial charge in [0, 0.05) is 17.0 Å². The maximum Gasteiger partial charge on any atom is 0.231 e. The summed E-state index contributed by atoms with van der Waals surface area (Å²) in [4.78, 5) is 5.59. The van der Waals surface area contributed by atoms with Gasteiger partial charge in [0.25, 0.3) is 0 Å². The quantitative estimate of drug-likeness (QED) is 0.629. The maximum atomic E-state index is 5.45. The van der Waals surface area contributed by atoms with E-state index in [0.29, 0.717) is 0 Å². The molecule has 0 bridgehead atoms. The van der Waals surface area contributed by atoms with Crippen LogP contribution in [0.25, 0.3) is 11.3 Å². The molecule has 0 unspecified atom stereocenters. The largest absolute Gasteiger partial charge is 0.454 e. The van der Waals surface area contributed by atoms with Gasteiger partial charge in [-0.2, -0.15) is 5.10 Å². The van der Waals surface area contributed by atoms with Crippen molar-refractivity contribution in [2.24, 2.45) is 10.1 Å². The van der Waals surface area contributed by atoms with Crippen molar-refractivity contribution < 1.29 is 9.47 Å². The molecule has 0 saturated heterocycles. The molecule has 0 saturated carbocycles. The van der Waals surface area contributed by atoms with E-state index in [1.54, 1.807) is 11.3 Å². The van der Waals surface area contributed by atoms with Gasteiger partial charge in [0.05, 0.1) is 11.9 Å². The van der Waals surface area contributed by atoms with Gasteiger partial charge >= 0.3 is 0 Å². The lowest BCUT2D eigenvalue weighted by atomic mass is 10.1. The van der Waals surface area contributed by atoms with Gasteiger partial charge in [-0.15, -0.1) is 11.3 Å². The van der Waals surface area contributed by atoms with Crippen molar-refractivity contribution in [3.05, 3.63) is 63.8 Å². The molecule has 2 heterocycles. The van der Waals surface area contributed by atoms with Crippen LogP contribution in [0.15, 0.2) is 57.9 Å². The van der Waals surface area contributed by atoms with E-state index in [0.717, 1.165) is 33.1 Å².